The highest BCUT2D eigenvalue weighted by Gasteiger charge is 2.29. The number of urea groups is 1. The number of amides is 4. The average molecular weight is 375 g/mol. The predicted molar refractivity (Wildman–Crippen MR) is 102 cm³/mol. The van der Waals surface area contributed by atoms with Gasteiger partial charge in [0.1, 0.15) is 0 Å². The fourth-order valence-corrected chi connectivity index (χ4v) is 2.99. The van der Waals surface area contributed by atoms with Crippen LogP contribution in [0.15, 0.2) is 60.7 Å². The zero-order chi connectivity index (χ0) is 19.5. The molecular formula is C20H17N5O3. The van der Waals surface area contributed by atoms with Crippen LogP contribution in [-0.4, -0.2) is 32.9 Å². The van der Waals surface area contributed by atoms with Crippen LogP contribution in [0, 0.1) is 0 Å². The van der Waals surface area contributed by atoms with Crippen LogP contribution in [0.5, 0.6) is 0 Å². The number of nitrogens with one attached hydrogen (secondary N) is 3. The largest absolute Gasteiger partial charge is 0.324 e. The standard InChI is InChI=1S/C20H17N5O3/c26-18(13-7-3-1-4-8-13)21-17-15-11-25(12-16(15)23-24-17)20(28)22-19(27)14-9-5-2-6-10-14/h1-10H,11-12H2,(H,22,27,28)(H2,21,23,24,26). The molecule has 0 radical (unpaired) electrons. The molecule has 8 heteroatoms. The first-order chi connectivity index (χ1) is 13.6. The lowest BCUT2D eigenvalue weighted by atomic mass is 10.2. The van der Waals surface area contributed by atoms with Gasteiger partial charge in [0, 0.05) is 16.7 Å². The van der Waals surface area contributed by atoms with E-state index >= 15 is 0 Å². The Morgan fingerprint density at radius 2 is 1.46 bits per heavy atom. The van der Waals surface area contributed by atoms with E-state index < -0.39 is 11.9 Å². The van der Waals surface area contributed by atoms with Gasteiger partial charge in [0.2, 0.25) is 0 Å². The van der Waals surface area contributed by atoms with E-state index in [1.54, 1.807) is 54.6 Å². The van der Waals surface area contributed by atoms with Gasteiger partial charge in [-0.1, -0.05) is 36.4 Å². The van der Waals surface area contributed by atoms with Gasteiger partial charge in [0.15, 0.2) is 5.82 Å². The van der Waals surface area contributed by atoms with Crippen LogP contribution in [0.25, 0.3) is 0 Å². The minimum absolute atomic E-state index is 0.240. The summed E-state index contributed by atoms with van der Waals surface area (Å²) in [6, 6.07) is 16.8. The molecule has 0 fully saturated rings. The Hall–Kier alpha value is -3.94. The Labute approximate surface area is 160 Å². The number of carbonyl (C=O) groups is 3. The van der Waals surface area contributed by atoms with Crippen LogP contribution >= 0.6 is 0 Å². The molecule has 0 saturated carbocycles. The van der Waals surface area contributed by atoms with E-state index in [1.165, 1.54) is 4.90 Å². The molecule has 4 amide bonds. The highest BCUT2D eigenvalue weighted by Crippen LogP contribution is 2.27. The van der Waals surface area contributed by atoms with Crippen LogP contribution in [0.3, 0.4) is 0 Å². The van der Waals surface area contributed by atoms with Crippen molar-refractivity contribution in [2.75, 3.05) is 5.32 Å². The van der Waals surface area contributed by atoms with Crippen LogP contribution < -0.4 is 10.6 Å². The monoisotopic (exact) mass is 375 g/mol. The summed E-state index contributed by atoms with van der Waals surface area (Å²) in [7, 11) is 0. The molecule has 3 N–H and O–H groups in total. The molecule has 1 aliphatic heterocycles. The molecule has 0 atom stereocenters. The highest BCUT2D eigenvalue weighted by molar-refractivity contribution is 6.05. The molecule has 8 nitrogen and oxygen atoms in total. The number of aromatic nitrogens is 2. The Bertz CT molecular complexity index is 1030. The Morgan fingerprint density at radius 1 is 0.857 bits per heavy atom. The molecule has 2 aromatic carbocycles. The number of fused-ring (bicyclic) bond motifs is 1. The molecule has 1 aromatic heterocycles. The number of imide groups is 1. The smallest absolute Gasteiger partial charge is 0.314 e. The second kappa shape index (κ2) is 7.36. The minimum atomic E-state index is -0.501. The first kappa shape index (κ1) is 17.5. The highest BCUT2D eigenvalue weighted by atomic mass is 16.2. The van der Waals surface area contributed by atoms with E-state index in [2.05, 4.69) is 20.8 Å². The summed E-state index contributed by atoms with van der Waals surface area (Å²) in [5, 5.41) is 12.1. The molecular weight excluding hydrogens is 358 g/mol. The summed E-state index contributed by atoms with van der Waals surface area (Å²) in [6.45, 7) is 0.515. The van der Waals surface area contributed by atoms with Gasteiger partial charge >= 0.3 is 6.03 Å². The van der Waals surface area contributed by atoms with Crippen molar-refractivity contribution in [3.8, 4) is 0 Å². The molecule has 0 spiro atoms. The number of benzene rings is 2. The van der Waals surface area contributed by atoms with E-state index in [9.17, 15) is 14.4 Å². The summed E-state index contributed by atoms with van der Waals surface area (Å²) in [4.78, 5) is 38.4. The third kappa shape index (κ3) is 3.48. The third-order valence-corrected chi connectivity index (χ3v) is 4.46. The van der Waals surface area contributed by atoms with E-state index in [0.29, 0.717) is 16.9 Å². The minimum Gasteiger partial charge on any atom is -0.314 e. The summed E-state index contributed by atoms with van der Waals surface area (Å²) in [6.07, 6.45) is 0. The van der Waals surface area contributed by atoms with Crippen molar-refractivity contribution in [3.05, 3.63) is 83.0 Å². The van der Waals surface area contributed by atoms with Gasteiger partial charge in [-0.15, -0.1) is 0 Å². The van der Waals surface area contributed by atoms with Crippen LogP contribution in [0.1, 0.15) is 32.0 Å². The van der Waals surface area contributed by atoms with Crippen molar-refractivity contribution in [3.63, 3.8) is 0 Å². The van der Waals surface area contributed by atoms with Crippen molar-refractivity contribution in [2.24, 2.45) is 0 Å². The summed E-state index contributed by atoms with van der Waals surface area (Å²) in [5.41, 5.74) is 2.38. The topological polar surface area (TPSA) is 107 Å². The number of rotatable bonds is 3. The van der Waals surface area contributed by atoms with E-state index in [1.807, 2.05) is 6.07 Å². The molecule has 3 aromatic rings. The number of H-pyrrole nitrogens is 1. The van der Waals surface area contributed by atoms with Crippen molar-refractivity contribution >= 4 is 23.7 Å². The Morgan fingerprint density at radius 3 is 2.11 bits per heavy atom. The molecule has 140 valence electrons. The van der Waals surface area contributed by atoms with Gasteiger partial charge in [-0.3, -0.25) is 20.0 Å². The second-order valence-corrected chi connectivity index (χ2v) is 6.33. The summed E-state index contributed by atoms with van der Waals surface area (Å²) < 4.78 is 0. The van der Waals surface area contributed by atoms with Crippen molar-refractivity contribution < 1.29 is 14.4 Å². The first-order valence-electron chi connectivity index (χ1n) is 8.69. The first-order valence-corrected chi connectivity index (χ1v) is 8.69. The zero-order valence-electron chi connectivity index (χ0n) is 14.8. The molecule has 28 heavy (non-hydrogen) atoms. The van der Waals surface area contributed by atoms with Crippen molar-refractivity contribution in [2.45, 2.75) is 13.1 Å². The average Bonchev–Trinajstić information content (AvgIpc) is 3.31. The van der Waals surface area contributed by atoms with Gasteiger partial charge in [-0.25, -0.2) is 4.79 Å². The van der Waals surface area contributed by atoms with Crippen LogP contribution in [-0.2, 0) is 13.1 Å². The maximum Gasteiger partial charge on any atom is 0.324 e. The maximum absolute atomic E-state index is 12.4. The van der Waals surface area contributed by atoms with Crippen LogP contribution in [0.2, 0.25) is 0 Å². The van der Waals surface area contributed by atoms with Gasteiger partial charge in [-0.05, 0) is 24.3 Å². The number of carbonyl (C=O) groups excluding carboxylic acids is 3. The molecule has 0 saturated heterocycles. The van der Waals surface area contributed by atoms with Crippen LogP contribution in [0.4, 0.5) is 10.6 Å². The number of hydrogen-bond donors (Lipinski definition) is 3. The normalized spacial score (nSPS) is 12.4. The molecule has 4 rings (SSSR count). The lowest BCUT2D eigenvalue weighted by Crippen LogP contribution is -2.40. The van der Waals surface area contributed by atoms with Gasteiger partial charge in [0.25, 0.3) is 11.8 Å². The SMILES string of the molecule is O=C(NC(=O)N1Cc2[nH]nc(NC(=O)c3ccccc3)c2C1)c1ccccc1. The Balaban J connectivity index is 1.41. The predicted octanol–water partition coefficient (Wildman–Crippen LogP) is 2.53. The quantitative estimate of drug-likeness (QED) is 0.654. The number of nitrogens with zero attached hydrogens (tertiary/aromatic N) is 2. The molecule has 0 bridgehead atoms. The summed E-state index contributed by atoms with van der Waals surface area (Å²) in [5.74, 6) is -0.359. The lowest BCUT2D eigenvalue weighted by Gasteiger charge is -2.16. The summed E-state index contributed by atoms with van der Waals surface area (Å²) >= 11 is 0. The van der Waals surface area contributed by atoms with Crippen molar-refractivity contribution in [1.29, 1.82) is 0 Å². The number of hydrogen-bond acceptors (Lipinski definition) is 4. The van der Waals surface area contributed by atoms with E-state index in [-0.39, 0.29) is 19.0 Å². The lowest BCUT2D eigenvalue weighted by molar-refractivity contribution is 0.0950. The fraction of sp³-hybridized carbons (Fsp3) is 0.100. The van der Waals surface area contributed by atoms with Gasteiger partial charge < -0.3 is 10.2 Å². The molecule has 0 aliphatic carbocycles. The Kier molecular flexibility index (Phi) is 4.59. The molecule has 2 heterocycles. The van der Waals surface area contributed by atoms with Crippen molar-refractivity contribution in [1.82, 2.24) is 20.4 Å². The third-order valence-electron chi connectivity index (χ3n) is 4.46. The molecule has 0 unspecified atom stereocenters. The van der Waals surface area contributed by atoms with E-state index in [4.69, 9.17) is 0 Å². The van der Waals surface area contributed by atoms with E-state index in [0.717, 1.165) is 11.3 Å². The van der Waals surface area contributed by atoms with Gasteiger partial charge in [0.05, 0.1) is 18.8 Å². The molecule has 1 aliphatic rings. The van der Waals surface area contributed by atoms with Gasteiger partial charge in [-0.2, -0.15) is 5.10 Å². The zero-order valence-corrected chi connectivity index (χ0v) is 14.8. The maximum atomic E-state index is 12.4. The number of anilines is 1. The number of aromatic amines is 1. The second-order valence-electron chi connectivity index (χ2n) is 6.33. The fourth-order valence-electron chi connectivity index (χ4n) is 2.99.